The standard InChI is InChI=1S/C7H11N/c1-2-6-4-3-5-7(6)8/h2,6,8H,1,3-5H2/t6-/m0/s1. The van der Waals surface area contributed by atoms with Crippen LogP contribution in [0.15, 0.2) is 12.7 Å². The molecule has 0 heterocycles. The topological polar surface area (TPSA) is 23.9 Å². The highest BCUT2D eigenvalue weighted by atomic mass is 14.5. The second kappa shape index (κ2) is 2.12. The van der Waals surface area contributed by atoms with E-state index in [1.54, 1.807) is 0 Å². The molecule has 44 valence electrons. The summed E-state index contributed by atoms with van der Waals surface area (Å²) in [4.78, 5) is 0. The van der Waals surface area contributed by atoms with Crippen LogP contribution in [0, 0.1) is 11.3 Å². The maximum absolute atomic E-state index is 7.33. The zero-order valence-corrected chi connectivity index (χ0v) is 4.98. The van der Waals surface area contributed by atoms with Gasteiger partial charge in [-0.05, 0) is 19.3 Å². The summed E-state index contributed by atoms with van der Waals surface area (Å²) in [7, 11) is 0. The zero-order valence-electron chi connectivity index (χ0n) is 4.98. The van der Waals surface area contributed by atoms with Gasteiger partial charge in [0.1, 0.15) is 0 Å². The summed E-state index contributed by atoms with van der Waals surface area (Å²) < 4.78 is 0. The zero-order chi connectivity index (χ0) is 5.98. The van der Waals surface area contributed by atoms with Gasteiger partial charge >= 0.3 is 0 Å². The molecule has 0 radical (unpaired) electrons. The third-order valence-corrected chi connectivity index (χ3v) is 1.69. The Morgan fingerprint density at radius 1 is 1.75 bits per heavy atom. The van der Waals surface area contributed by atoms with E-state index in [2.05, 4.69) is 6.58 Å². The second-order valence-corrected chi connectivity index (χ2v) is 2.26. The fourth-order valence-corrected chi connectivity index (χ4v) is 1.13. The number of hydrogen-bond acceptors (Lipinski definition) is 1. The van der Waals surface area contributed by atoms with E-state index in [4.69, 9.17) is 5.41 Å². The van der Waals surface area contributed by atoms with Crippen molar-refractivity contribution in [3.05, 3.63) is 12.7 Å². The first kappa shape index (κ1) is 5.54. The summed E-state index contributed by atoms with van der Waals surface area (Å²) in [6, 6.07) is 0. The molecule has 0 bridgehead atoms. The van der Waals surface area contributed by atoms with Crippen molar-refractivity contribution in [2.24, 2.45) is 5.92 Å². The molecule has 0 aliphatic heterocycles. The van der Waals surface area contributed by atoms with Crippen molar-refractivity contribution in [3.8, 4) is 0 Å². The third kappa shape index (κ3) is 0.808. The van der Waals surface area contributed by atoms with Crippen LogP contribution in [0.5, 0.6) is 0 Å². The Labute approximate surface area is 49.9 Å². The van der Waals surface area contributed by atoms with Crippen LogP contribution >= 0.6 is 0 Å². The molecule has 1 nitrogen and oxygen atoms in total. The van der Waals surface area contributed by atoms with Crippen molar-refractivity contribution in [3.63, 3.8) is 0 Å². The molecule has 0 aromatic heterocycles. The summed E-state index contributed by atoms with van der Waals surface area (Å²) in [6.45, 7) is 3.65. The normalized spacial score (nSPS) is 28.5. The molecule has 1 atom stereocenters. The molecule has 1 heteroatoms. The van der Waals surface area contributed by atoms with Crippen LogP contribution in [0.3, 0.4) is 0 Å². The quantitative estimate of drug-likeness (QED) is 0.498. The van der Waals surface area contributed by atoms with Gasteiger partial charge in [0.15, 0.2) is 0 Å². The smallest absolute Gasteiger partial charge is 0.0158 e. The second-order valence-electron chi connectivity index (χ2n) is 2.26. The van der Waals surface area contributed by atoms with Crippen LogP contribution in [-0.2, 0) is 0 Å². The highest BCUT2D eigenvalue weighted by Gasteiger charge is 2.16. The predicted octanol–water partition coefficient (Wildman–Crippen LogP) is 1.99. The minimum Gasteiger partial charge on any atom is -0.309 e. The van der Waals surface area contributed by atoms with Crippen LogP contribution in [0.4, 0.5) is 0 Å². The van der Waals surface area contributed by atoms with Gasteiger partial charge in [-0.25, -0.2) is 0 Å². The van der Waals surface area contributed by atoms with Gasteiger partial charge in [0, 0.05) is 11.6 Å². The van der Waals surface area contributed by atoms with Crippen LogP contribution in [0.2, 0.25) is 0 Å². The molecule has 0 unspecified atom stereocenters. The molecule has 1 fully saturated rings. The van der Waals surface area contributed by atoms with E-state index in [0.717, 1.165) is 18.6 Å². The summed E-state index contributed by atoms with van der Waals surface area (Å²) >= 11 is 0. The maximum atomic E-state index is 7.33. The monoisotopic (exact) mass is 109 g/mol. The lowest BCUT2D eigenvalue weighted by atomic mass is 10.1. The Hall–Kier alpha value is -0.590. The maximum Gasteiger partial charge on any atom is 0.0158 e. The van der Waals surface area contributed by atoms with Gasteiger partial charge < -0.3 is 5.41 Å². The van der Waals surface area contributed by atoms with E-state index in [9.17, 15) is 0 Å². The molecule has 1 N–H and O–H groups in total. The third-order valence-electron chi connectivity index (χ3n) is 1.69. The summed E-state index contributed by atoms with van der Waals surface area (Å²) in [5.74, 6) is 0.412. The fraction of sp³-hybridized carbons (Fsp3) is 0.571. The first-order chi connectivity index (χ1) is 3.84. The van der Waals surface area contributed by atoms with E-state index in [-0.39, 0.29) is 0 Å². The predicted molar refractivity (Wildman–Crippen MR) is 35.3 cm³/mol. The van der Waals surface area contributed by atoms with Crippen molar-refractivity contribution in [2.75, 3.05) is 0 Å². The van der Waals surface area contributed by atoms with E-state index in [1.165, 1.54) is 6.42 Å². The van der Waals surface area contributed by atoms with Crippen LogP contribution in [0.25, 0.3) is 0 Å². The van der Waals surface area contributed by atoms with E-state index < -0.39 is 0 Å². The first-order valence-electron chi connectivity index (χ1n) is 3.04. The van der Waals surface area contributed by atoms with Crippen molar-refractivity contribution in [1.82, 2.24) is 0 Å². The van der Waals surface area contributed by atoms with Crippen molar-refractivity contribution < 1.29 is 0 Å². The summed E-state index contributed by atoms with van der Waals surface area (Å²) in [5.41, 5.74) is 0.875. The average molecular weight is 109 g/mol. The number of hydrogen-bond donors (Lipinski definition) is 1. The largest absolute Gasteiger partial charge is 0.309 e. The van der Waals surface area contributed by atoms with Crippen LogP contribution < -0.4 is 0 Å². The Bertz CT molecular complexity index is 116. The van der Waals surface area contributed by atoms with Crippen LogP contribution in [0.1, 0.15) is 19.3 Å². The lowest BCUT2D eigenvalue weighted by Gasteiger charge is -1.97. The van der Waals surface area contributed by atoms with Gasteiger partial charge in [0.05, 0.1) is 0 Å². The lowest BCUT2D eigenvalue weighted by molar-refractivity contribution is 0.786. The molecule has 0 aromatic rings. The highest BCUT2D eigenvalue weighted by molar-refractivity contribution is 5.86. The molecular weight excluding hydrogens is 98.1 g/mol. The first-order valence-corrected chi connectivity index (χ1v) is 3.04. The number of allylic oxidation sites excluding steroid dienone is 1. The minimum atomic E-state index is 0.412. The number of rotatable bonds is 1. The van der Waals surface area contributed by atoms with E-state index in [0.29, 0.717) is 5.92 Å². The lowest BCUT2D eigenvalue weighted by Crippen LogP contribution is -1.99. The molecule has 1 rings (SSSR count). The van der Waals surface area contributed by atoms with Gasteiger partial charge in [-0.15, -0.1) is 6.58 Å². The Kier molecular flexibility index (Phi) is 1.47. The van der Waals surface area contributed by atoms with Crippen LogP contribution in [-0.4, -0.2) is 5.71 Å². The molecule has 0 spiro atoms. The van der Waals surface area contributed by atoms with Crippen molar-refractivity contribution in [2.45, 2.75) is 19.3 Å². The van der Waals surface area contributed by atoms with Crippen molar-refractivity contribution in [1.29, 1.82) is 5.41 Å². The molecule has 1 aliphatic rings. The SMILES string of the molecule is C=C[C@H]1CCCC1=N. The average Bonchev–Trinajstić information content (AvgIpc) is 2.14. The highest BCUT2D eigenvalue weighted by Crippen LogP contribution is 2.21. The van der Waals surface area contributed by atoms with Gasteiger partial charge in [-0.1, -0.05) is 6.08 Å². The minimum absolute atomic E-state index is 0.412. The number of nitrogens with one attached hydrogen (secondary N) is 1. The van der Waals surface area contributed by atoms with Gasteiger partial charge in [0.2, 0.25) is 0 Å². The van der Waals surface area contributed by atoms with E-state index >= 15 is 0 Å². The molecule has 0 aromatic carbocycles. The Morgan fingerprint density at radius 3 is 2.75 bits per heavy atom. The Balaban J connectivity index is 2.54. The van der Waals surface area contributed by atoms with Gasteiger partial charge in [-0.2, -0.15) is 0 Å². The molecule has 0 amide bonds. The molecule has 8 heavy (non-hydrogen) atoms. The Morgan fingerprint density at radius 2 is 2.50 bits per heavy atom. The van der Waals surface area contributed by atoms with Gasteiger partial charge in [-0.3, -0.25) is 0 Å². The van der Waals surface area contributed by atoms with Gasteiger partial charge in [0.25, 0.3) is 0 Å². The molecule has 0 saturated heterocycles. The molecule has 1 aliphatic carbocycles. The van der Waals surface area contributed by atoms with Crippen molar-refractivity contribution >= 4 is 5.71 Å². The summed E-state index contributed by atoms with van der Waals surface area (Å²) in [5, 5.41) is 7.33. The summed E-state index contributed by atoms with van der Waals surface area (Å²) in [6.07, 6.45) is 5.23. The fourth-order valence-electron chi connectivity index (χ4n) is 1.13. The van der Waals surface area contributed by atoms with E-state index in [1.807, 2.05) is 6.08 Å². The molecule has 1 saturated carbocycles. The molecular formula is C7H11N.